The Labute approximate surface area is 123 Å². The number of amides is 1. The van der Waals surface area contributed by atoms with Crippen molar-refractivity contribution in [1.29, 1.82) is 0 Å². The number of hydrogen-bond donors (Lipinski definition) is 1. The van der Waals surface area contributed by atoms with Gasteiger partial charge in [0.05, 0.1) is 10.5 Å². The van der Waals surface area contributed by atoms with Crippen LogP contribution in [-0.2, 0) is 0 Å². The molecule has 0 atom stereocenters. The summed E-state index contributed by atoms with van der Waals surface area (Å²) in [6.45, 7) is 1.79. The van der Waals surface area contributed by atoms with Crippen LogP contribution in [0.25, 0.3) is 0 Å². The number of carbonyl (C=O) groups excluding carboxylic acids is 1. The SMILES string of the molecule is Cc1ccc([N+](=O)[O-])c(NC(=O)c2cncc(Br)c2)c1. The number of halogens is 1. The van der Waals surface area contributed by atoms with Crippen molar-refractivity contribution >= 4 is 33.2 Å². The van der Waals surface area contributed by atoms with Gasteiger partial charge in [-0.1, -0.05) is 6.07 Å². The zero-order valence-corrected chi connectivity index (χ0v) is 12.0. The topological polar surface area (TPSA) is 85.1 Å². The van der Waals surface area contributed by atoms with Gasteiger partial charge in [-0.3, -0.25) is 19.9 Å². The fourth-order valence-corrected chi connectivity index (χ4v) is 2.00. The maximum absolute atomic E-state index is 12.1. The third-order valence-corrected chi connectivity index (χ3v) is 3.00. The summed E-state index contributed by atoms with van der Waals surface area (Å²) < 4.78 is 0.656. The largest absolute Gasteiger partial charge is 0.316 e. The van der Waals surface area contributed by atoms with E-state index in [0.717, 1.165) is 5.56 Å². The van der Waals surface area contributed by atoms with Crippen LogP contribution in [0.2, 0.25) is 0 Å². The van der Waals surface area contributed by atoms with Crippen LogP contribution in [0.5, 0.6) is 0 Å². The number of pyridine rings is 1. The molecule has 1 amide bonds. The van der Waals surface area contributed by atoms with E-state index in [1.54, 1.807) is 31.3 Å². The molecule has 6 nitrogen and oxygen atoms in total. The van der Waals surface area contributed by atoms with E-state index >= 15 is 0 Å². The minimum Gasteiger partial charge on any atom is -0.316 e. The molecule has 1 N–H and O–H groups in total. The molecule has 1 aromatic heterocycles. The van der Waals surface area contributed by atoms with E-state index in [9.17, 15) is 14.9 Å². The summed E-state index contributed by atoms with van der Waals surface area (Å²) in [5, 5.41) is 13.5. The van der Waals surface area contributed by atoms with Gasteiger partial charge in [-0.15, -0.1) is 0 Å². The standard InChI is InChI=1S/C13H10BrN3O3/c1-8-2-3-12(17(19)20)11(4-8)16-13(18)9-5-10(14)7-15-6-9/h2-7H,1H3,(H,16,18). The predicted molar refractivity (Wildman–Crippen MR) is 77.7 cm³/mol. The first-order valence-electron chi connectivity index (χ1n) is 5.64. The third kappa shape index (κ3) is 3.18. The molecule has 2 aromatic rings. The molecule has 1 heterocycles. The molecule has 102 valence electrons. The molecule has 0 aliphatic heterocycles. The van der Waals surface area contributed by atoms with Crippen LogP contribution in [0.1, 0.15) is 15.9 Å². The van der Waals surface area contributed by atoms with E-state index in [2.05, 4.69) is 26.2 Å². The van der Waals surface area contributed by atoms with Gasteiger partial charge < -0.3 is 5.32 Å². The number of benzene rings is 1. The van der Waals surface area contributed by atoms with E-state index in [4.69, 9.17) is 0 Å². The zero-order chi connectivity index (χ0) is 14.7. The lowest BCUT2D eigenvalue weighted by molar-refractivity contribution is -0.383. The van der Waals surface area contributed by atoms with E-state index < -0.39 is 10.8 Å². The minimum absolute atomic E-state index is 0.146. The Morgan fingerprint density at radius 3 is 2.75 bits per heavy atom. The van der Waals surface area contributed by atoms with Gasteiger partial charge in [-0.2, -0.15) is 0 Å². The maximum Gasteiger partial charge on any atom is 0.292 e. The van der Waals surface area contributed by atoms with Gasteiger partial charge in [0.1, 0.15) is 5.69 Å². The van der Waals surface area contributed by atoms with Crippen molar-refractivity contribution in [2.24, 2.45) is 0 Å². The van der Waals surface area contributed by atoms with Crippen LogP contribution in [0.4, 0.5) is 11.4 Å². The molecule has 0 aliphatic carbocycles. The predicted octanol–water partition coefficient (Wildman–Crippen LogP) is 3.31. The number of nitro benzene ring substituents is 1. The van der Waals surface area contributed by atoms with Crippen molar-refractivity contribution in [2.75, 3.05) is 5.32 Å². The van der Waals surface area contributed by atoms with Crippen LogP contribution in [0.3, 0.4) is 0 Å². The zero-order valence-electron chi connectivity index (χ0n) is 10.5. The molecule has 0 fully saturated rings. The summed E-state index contributed by atoms with van der Waals surface area (Å²) in [7, 11) is 0. The average Bonchev–Trinajstić information content (AvgIpc) is 2.38. The Bertz CT molecular complexity index is 688. The number of aryl methyl sites for hydroxylation is 1. The van der Waals surface area contributed by atoms with E-state index in [1.165, 1.54) is 12.3 Å². The van der Waals surface area contributed by atoms with Crippen LogP contribution in [0.15, 0.2) is 41.1 Å². The lowest BCUT2D eigenvalue weighted by Crippen LogP contribution is -2.13. The number of anilines is 1. The van der Waals surface area contributed by atoms with Gasteiger partial charge in [0.2, 0.25) is 0 Å². The first-order valence-corrected chi connectivity index (χ1v) is 6.43. The van der Waals surface area contributed by atoms with E-state index in [0.29, 0.717) is 10.0 Å². The normalized spacial score (nSPS) is 10.1. The molecule has 0 saturated heterocycles. The molecule has 0 saturated carbocycles. The van der Waals surface area contributed by atoms with Gasteiger partial charge in [-0.05, 0) is 40.5 Å². The number of aromatic nitrogens is 1. The van der Waals surface area contributed by atoms with Crippen LogP contribution in [0, 0.1) is 17.0 Å². The molecule has 0 aliphatic rings. The molecule has 7 heteroatoms. The Hall–Kier alpha value is -2.28. The van der Waals surface area contributed by atoms with Gasteiger partial charge in [-0.25, -0.2) is 0 Å². The van der Waals surface area contributed by atoms with Crippen molar-refractivity contribution in [3.8, 4) is 0 Å². The highest BCUT2D eigenvalue weighted by molar-refractivity contribution is 9.10. The fraction of sp³-hybridized carbons (Fsp3) is 0.0769. The smallest absolute Gasteiger partial charge is 0.292 e. The van der Waals surface area contributed by atoms with Gasteiger partial charge in [0, 0.05) is 22.9 Å². The van der Waals surface area contributed by atoms with Crippen LogP contribution < -0.4 is 5.32 Å². The number of nitrogens with one attached hydrogen (secondary N) is 1. The molecule has 0 unspecified atom stereocenters. The van der Waals surface area contributed by atoms with Crippen molar-refractivity contribution in [2.45, 2.75) is 6.92 Å². The number of nitro groups is 1. The second-order valence-electron chi connectivity index (χ2n) is 4.12. The van der Waals surface area contributed by atoms with Crippen LogP contribution >= 0.6 is 15.9 Å². The number of nitrogens with zero attached hydrogens (tertiary/aromatic N) is 2. The number of rotatable bonds is 3. The summed E-state index contributed by atoms with van der Waals surface area (Å²) in [5.74, 6) is -0.451. The molecule has 0 bridgehead atoms. The summed E-state index contributed by atoms with van der Waals surface area (Å²) >= 11 is 3.21. The lowest BCUT2D eigenvalue weighted by atomic mass is 10.2. The Balaban J connectivity index is 2.32. The van der Waals surface area contributed by atoms with Crippen molar-refractivity contribution < 1.29 is 9.72 Å². The molecular weight excluding hydrogens is 326 g/mol. The summed E-state index contributed by atoms with van der Waals surface area (Å²) in [4.78, 5) is 26.3. The molecule has 0 spiro atoms. The van der Waals surface area contributed by atoms with Gasteiger partial charge >= 0.3 is 0 Å². The highest BCUT2D eigenvalue weighted by Crippen LogP contribution is 2.25. The van der Waals surface area contributed by atoms with Crippen molar-refractivity contribution in [3.05, 3.63) is 62.4 Å². The summed E-state index contributed by atoms with van der Waals surface area (Å²) in [5.41, 5.74) is 1.15. The second-order valence-corrected chi connectivity index (χ2v) is 5.04. The van der Waals surface area contributed by atoms with Crippen molar-refractivity contribution in [3.63, 3.8) is 0 Å². The highest BCUT2D eigenvalue weighted by Gasteiger charge is 2.16. The highest BCUT2D eigenvalue weighted by atomic mass is 79.9. The Morgan fingerprint density at radius 1 is 1.35 bits per heavy atom. The monoisotopic (exact) mass is 335 g/mol. The Kier molecular flexibility index (Phi) is 4.09. The average molecular weight is 336 g/mol. The first-order chi connectivity index (χ1) is 9.47. The first kappa shape index (κ1) is 14.1. The number of hydrogen-bond acceptors (Lipinski definition) is 4. The summed E-state index contributed by atoms with van der Waals surface area (Å²) in [6, 6.07) is 6.13. The number of carbonyl (C=O) groups is 1. The molecular formula is C13H10BrN3O3. The maximum atomic E-state index is 12.1. The Morgan fingerprint density at radius 2 is 2.10 bits per heavy atom. The van der Waals surface area contributed by atoms with E-state index in [-0.39, 0.29) is 11.4 Å². The molecule has 20 heavy (non-hydrogen) atoms. The molecule has 2 rings (SSSR count). The molecule has 0 radical (unpaired) electrons. The molecule has 1 aromatic carbocycles. The summed E-state index contributed by atoms with van der Waals surface area (Å²) in [6.07, 6.45) is 2.94. The second kappa shape index (κ2) is 5.79. The van der Waals surface area contributed by atoms with Gasteiger partial charge in [0.25, 0.3) is 11.6 Å². The minimum atomic E-state index is -0.534. The quantitative estimate of drug-likeness (QED) is 0.688. The fourth-order valence-electron chi connectivity index (χ4n) is 1.64. The van der Waals surface area contributed by atoms with Crippen LogP contribution in [-0.4, -0.2) is 15.8 Å². The lowest BCUT2D eigenvalue weighted by Gasteiger charge is -2.07. The van der Waals surface area contributed by atoms with Crippen molar-refractivity contribution in [1.82, 2.24) is 4.98 Å². The van der Waals surface area contributed by atoms with E-state index in [1.807, 2.05) is 0 Å². The van der Waals surface area contributed by atoms with Gasteiger partial charge in [0.15, 0.2) is 0 Å². The third-order valence-electron chi connectivity index (χ3n) is 2.56.